The smallest absolute Gasteiger partial charge is 0.270 e. The van der Waals surface area contributed by atoms with Gasteiger partial charge in [0.1, 0.15) is 0 Å². The maximum Gasteiger partial charge on any atom is 0.270 e. The van der Waals surface area contributed by atoms with Gasteiger partial charge in [0.15, 0.2) is 6.29 Å². The molecule has 1 saturated heterocycles. The molecular formula is C17H17N3O3. The van der Waals surface area contributed by atoms with E-state index in [4.69, 9.17) is 0 Å². The van der Waals surface area contributed by atoms with Crippen LogP contribution in [0.3, 0.4) is 0 Å². The lowest BCUT2D eigenvalue weighted by Gasteiger charge is -2.37. The second-order valence-electron chi connectivity index (χ2n) is 5.43. The van der Waals surface area contributed by atoms with Crippen LogP contribution in [0.5, 0.6) is 0 Å². The third-order valence-electron chi connectivity index (χ3n) is 4.09. The summed E-state index contributed by atoms with van der Waals surface area (Å²) in [5, 5.41) is 10.8. The van der Waals surface area contributed by atoms with Gasteiger partial charge in [-0.15, -0.1) is 0 Å². The summed E-state index contributed by atoms with van der Waals surface area (Å²) in [5.74, 6) is 0. The van der Waals surface area contributed by atoms with Crippen molar-refractivity contribution in [3.63, 3.8) is 0 Å². The van der Waals surface area contributed by atoms with E-state index in [9.17, 15) is 14.9 Å². The van der Waals surface area contributed by atoms with E-state index >= 15 is 0 Å². The highest BCUT2D eigenvalue weighted by molar-refractivity contribution is 5.86. The molecule has 1 aliphatic rings. The van der Waals surface area contributed by atoms with Gasteiger partial charge in [-0.1, -0.05) is 18.2 Å². The van der Waals surface area contributed by atoms with Crippen molar-refractivity contribution >= 4 is 23.3 Å². The van der Waals surface area contributed by atoms with Crippen LogP contribution in [0.1, 0.15) is 10.4 Å². The fourth-order valence-corrected chi connectivity index (χ4v) is 2.88. The summed E-state index contributed by atoms with van der Waals surface area (Å²) in [4.78, 5) is 26.0. The Morgan fingerprint density at radius 2 is 1.61 bits per heavy atom. The van der Waals surface area contributed by atoms with E-state index in [-0.39, 0.29) is 5.69 Å². The highest BCUT2D eigenvalue weighted by Crippen LogP contribution is 2.26. The number of carbonyl (C=O) groups excluding carboxylic acids is 1. The first-order valence-electron chi connectivity index (χ1n) is 7.47. The molecule has 0 spiro atoms. The number of anilines is 2. The largest absolute Gasteiger partial charge is 0.368 e. The number of benzene rings is 2. The summed E-state index contributed by atoms with van der Waals surface area (Å²) in [7, 11) is 0. The van der Waals surface area contributed by atoms with E-state index in [1.807, 2.05) is 18.2 Å². The van der Waals surface area contributed by atoms with Crippen molar-refractivity contribution < 1.29 is 9.72 Å². The molecule has 0 atom stereocenters. The van der Waals surface area contributed by atoms with Crippen LogP contribution in [0.25, 0.3) is 0 Å². The number of nitro benzene ring substituents is 1. The first-order valence-corrected chi connectivity index (χ1v) is 7.47. The highest BCUT2D eigenvalue weighted by Gasteiger charge is 2.20. The number of aldehydes is 1. The van der Waals surface area contributed by atoms with E-state index in [1.54, 1.807) is 6.07 Å². The number of nitrogens with zero attached hydrogens (tertiary/aromatic N) is 3. The summed E-state index contributed by atoms with van der Waals surface area (Å²) >= 11 is 0. The van der Waals surface area contributed by atoms with Gasteiger partial charge in [0, 0.05) is 55.2 Å². The Morgan fingerprint density at radius 3 is 2.22 bits per heavy atom. The molecule has 0 aliphatic carbocycles. The standard InChI is InChI=1S/C17H17N3O3/c21-13-14-12-16(20(22)23)6-7-17(14)19-10-8-18(9-11-19)15-4-2-1-3-5-15/h1-7,12-13H,8-11H2. The molecule has 0 radical (unpaired) electrons. The second kappa shape index (κ2) is 6.48. The molecule has 118 valence electrons. The molecule has 0 N–H and O–H groups in total. The molecule has 6 nitrogen and oxygen atoms in total. The molecule has 0 aromatic heterocycles. The van der Waals surface area contributed by atoms with Gasteiger partial charge < -0.3 is 9.80 Å². The Balaban J connectivity index is 1.75. The average molecular weight is 311 g/mol. The van der Waals surface area contributed by atoms with Crippen molar-refractivity contribution in [3.05, 3.63) is 64.2 Å². The van der Waals surface area contributed by atoms with Gasteiger partial charge >= 0.3 is 0 Å². The fraction of sp³-hybridized carbons (Fsp3) is 0.235. The Labute approximate surface area is 134 Å². The number of hydrogen-bond donors (Lipinski definition) is 0. The predicted molar refractivity (Wildman–Crippen MR) is 89.4 cm³/mol. The molecule has 3 rings (SSSR count). The highest BCUT2D eigenvalue weighted by atomic mass is 16.6. The van der Waals surface area contributed by atoms with Crippen molar-refractivity contribution in [1.82, 2.24) is 0 Å². The normalized spacial score (nSPS) is 14.6. The van der Waals surface area contributed by atoms with Crippen LogP contribution >= 0.6 is 0 Å². The van der Waals surface area contributed by atoms with E-state index in [1.165, 1.54) is 17.8 Å². The fourth-order valence-electron chi connectivity index (χ4n) is 2.88. The van der Waals surface area contributed by atoms with Gasteiger partial charge in [-0.2, -0.15) is 0 Å². The molecule has 1 fully saturated rings. The van der Waals surface area contributed by atoms with Crippen molar-refractivity contribution in [3.8, 4) is 0 Å². The quantitative estimate of drug-likeness (QED) is 0.493. The van der Waals surface area contributed by atoms with Crippen LogP contribution in [0.4, 0.5) is 17.1 Å². The van der Waals surface area contributed by atoms with Gasteiger partial charge in [-0.05, 0) is 18.2 Å². The number of rotatable bonds is 4. The number of nitro groups is 1. The molecule has 0 unspecified atom stereocenters. The number of piperazine rings is 1. The Bertz CT molecular complexity index is 710. The van der Waals surface area contributed by atoms with E-state index < -0.39 is 4.92 Å². The van der Waals surface area contributed by atoms with Gasteiger partial charge in [-0.3, -0.25) is 14.9 Å². The van der Waals surface area contributed by atoms with Gasteiger partial charge in [0.2, 0.25) is 0 Å². The first-order chi connectivity index (χ1) is 11.2. The monoisotopic (exact) mass is 311 g/mol. The van der Waals surface area contributed by atoms with Crippen LogP contribution in [0.15, 0.2) is 48.5 Å². The van der Waals surface area contributed by atoms with Crippen LogP contribution in [-0.4, -0.2) is 37.4 Å². The summed E-state index contributed by atoms with van der Waals surface area (Å²) in [6, 6.07) is 14.6. The first kappa shape index (κ1) is 15.0. The maximum absolute atomic E-state index is 11.3. The summed E-state index contributed by atoms with van der Waals surface area (Å²) < 4.78 is 0. The average Bonchev–Trinajstić information content (AvgIpc) is 2.62. The predicted octanol–water partition coefficient (Wildman–Crippen LogP) is 2.73. The number of para-hydroxylation sites is 1. The topological polar surface area (TPSA) is 66.7 Å². The summed E-state index contributed by atoms with van der Waals surface area (Å²) in [6.45, 7) is 3.24. The minimum Gasteiger partial charge on any atom is -0.368 e. The molecule has 23 heavy (non-hydrogen) atoms. The van der Waals surface area contributed by atoms with Gasteiger partial charge in [0.05, 0.1) is 4.92 Å². The van der Waals surface area contributed by atoms with E-state index in [2.05, 4.69) is 21.9 Å². The Hall–Kier alpha value is -2.89. The van der Waals surface area contributed by atoms with Gasteiger partial charge in [-0.25, -0.2) is 0 Å². The lowest BCUT2D eigenvalue weighted by atomic mass is 10.1. The third kappa shape index (κ3) is 3.15. The van der Waals surface area contributed by atoms with Crippen LogP contribution in [-0.2, 0) is 0 Å². The van der Waals surface area contributed by atoms with E-state index in [0.29, 0.717) is 11.8 Å². The minimum absolute atomic E-state index is 0.0567. The van der Waals surface area contributed by atoms with Crippen LogP contribution < -0.4 is 9.80 Å². The second-order valence-corrected chi connectivity index (χ2v) is 5.43. The molecule has 6 heteroatoms. The molecular weight excluding hydrogens is 294 g/mol. The molecule has 1 aliphatic heterocycles. The molecule has 0 amide bonds. The SMILES string of the molecule is O=Cc1cc([N+](=O)[O-])ccc1N1CCN(c2ccccc2)CC1. The zero-order valence-electron chi connectivity index (χ0n) is 12.6. The maximum atomic E-state index is 11.3. The Morgan fingerprint density at radius 1 is 0.957 bits per heavy atom. The van der Waals surface area contributed by atoms with E-state index in [0.717, 1.165) is 31.9 Å². The lowest BCUT2D eigenvalue weighted by Crippen LogP contribution is -2.46. The molecule has 0 bridgehead atoms. The zero-order valence-corrected chi connectivity index (χ0v) is 12.6. The van der Waals surface area contributed by atoms with Crippen molar-refractivity contribution in [1.29, 1.82) is 0 Å². The molecule has 0 saturated carbocycles. The van der Waals surface area contributed by atoms with Crippen LogP contribution in [0.2, 0.25) is 0 Å². The van der Waals surface area contributed by atoms with Crippen molar-refractivity contribution in [2.24, 2.45) is 0 Å². The third-order valence-corrected chi connectivity index (χ3v) is 4.09. The van der Waals surface area contributed by atoms with Crippen molar-refractivity contribution in [2.45, 2.75) is 0 Å². The van der Waals surface area contributed by atoms with Gasteiger partial charge in [0.25, 0.3) is 5.69 Å². The number of non-ortho nitro benzene ring substituents is 1. The number of hydrogen-bond acceptors (Lipinski definition) is 5. The zero-order chi connectivity index (χ0) is 16.2. The summed E-state index contributed by atoms with van der Waals surface area (Å²) in [5.41, 5.74) is 2.26. The molecule has 1 heterocycles. The minimum atomic E-state index is -0.482. The Kier molecular flexibility index (Phi) is 4.23. The van der Waals surface area contributed by atoms with Crippen LogP contribution in [0, 0.1) is 10.1 Å². The lowest BCUT2D eigenvalue weighted by molar-refractivity contribution is -0.384. The molecule has 2 aromatic carbocycles. The van der Waals surface area contributed by atoms with Crippen molar-refractivity contribution in [2.75, 3.05) is 36.0 Å². The summed E-state index contributed by atoms with van der Waals surface area (Å²) in [6.07, 6.45) is 0.686. The number of carbonyl (C=O) groups is 1. The molecule has 2 aromatic rings.